The molecular weight excluding hydrogens is 383 g/mol. The third-order valence-corrected chi connectivity index (χ3v) is 2.91. The van der Waals surface area contributed by atoms with E-state index in [2.05, 4.69) is 10.6 Å². The minimum absolute atomic E-state index is 0.0525. The van der Waals surface area contributed by atoms with Crippen molar-refractivity contribution in [3.8, 4) is 0 Å². The zero-order chi connectivity index (χ0) is 21.3. The number of para-hydroxylation sites is 1. The Balaban J connectivity index is 2.67. The molecule has 3 N–H and O–H groups in total. The summed E-state index contributed by atoms with van der Waals surface area (Å²) >= 11 is 0. The van der Waals surface area contributed by atoms with E-state index in [1.54, 1.807) is 13.8 Å². The number of ether oxygens (including phenoxy) is 1. The van der Waals surface area contributed by atoms with Gasteiger partial charge in [-0.1, -0.05) is 12.1 Å². The third kappa shape index (κ3) is 7.89. The first-order chi connectivity index (χ1) is 13.0. The Morgan fingerprint density at radius 2 is 1.79 bits per heavy atom. The van der Waals surface area contributed by atoms with Gasteiger partial charge in [-0.25, -0.2) is 9.59 Å². The molecule has 1 aromatic rings. The normalized spacial score (nSPS) is 11.2. The van der Waals surface area contributed by atoms with Crippen molar-refractivity contribution >= 4 is 29.4 Å². The van der Waals surface area contributed by atoms with Crippen LogP contribution in [0.15, 0.2) is 36.5 Å². The highest BCUT2D eigenvalue weighted by molar-refractivity contribution is 5.99. The summed E-state index contributed by atoms with van der Waals surface area (Å²) in [5, 5.41) is 6.74. The molecule has 0 saturated carbocycles. The molecule has 3 amide bonds. The van der Waals surface area contributed by atoms with Gasteiger partial charge < -0.3 is 15.4 Å². The second-order valence-electron chi connectivity index (χ2n) is 5.64. The summed E-state index contributed by atoms with van der Waals surface area (Å²) in [5.74, 6) is -3.90. The van der Waals surface area contributed by atoms with Crippen LogP contribution in [0.25, 0.3) is 0 Å². The van der Waals surface area contributed by atoms with E-state index in [9.17, 15) is 32.3 Å². The summed E-state index contributed by atoms with van der Waals surface area (Å²) in [5.41, 5.74) is -0.0391. The van der Waals surface area contributed by atoms with Gasteiger partial charge in [0, 0.05) is 18.3 Å². The number of rotatable bonds is 7. The van der Waals surface area contributed by atoms with Gasteiger partial charge in [-0.3, -0.25) is 14.9 Å². The van der Waals surface area contributed by atoms with Crippen LogP contribution in [0.1, 0.15) is 24.2 Å². The van der Waals surface area contributed by atoms with Crippen molar-refractivity contribution in [3.05, 3.63) is 42.1 Å². The van der Waals surface area contributed by atoms with Crippen molar-refractivity contribution in [1.29, 1.82) is 0 Å². The molecule has 0 fully saturated rings. The van der Waals surface area contributed by atoms with Crippen LogP contribution in [0.3, 0.4) is 0 Å². The van der Waals surface area contributed by atoms with Crippen LogP contribution < -0.4 is 16.0 Å². The van der Waals surface area contributed by atoms with Crippen molar-refractivity contribution in [2.75, 3.05) is 11.9 Å². The van der Waals surface area contributed by atoms with Crippen molar-refractivity contribution in [1.82, 2.24) is 10.6 Å². The fraction of sp³-hybridized carbons (Fsp3) is 0.294. The van der Waals surface area contributed by atoms with Crippen molar-refractivity contribution < 1.29 is 37.1 Å². The molecule has 0 unspecified atom stereocenters. The number of nitrogens with one attached hydrogen (secondary N) is 3. The fourth-order valence-corrected chi connectivity index (χ4v) is 1.76. The number of carbonyl (C=O) groups is 4. The Bertz CT molecular complexity index is 776. The van der Waals surface area contributed by atoms with Gasteiger partial charge in [0.15, 0.2) is 6.61 Å². The molecule has 0 radical (unpaired) electrons. The van der Waals surface area contributed by atoms with Crippen molar-refractivity contribution in [2.24, 2.45) is 0 Å². The topological polar surface area (TPSA) is 114 Å². The monoisotopic (exact) mass is 401 g/mol. The molecule has 0 spiro atoms. The number of alkyl halides is 3. The molecule has 0 aliphatic rings. The maximum Gasteiger partial charge on any atom is 0.454 e. The van der Waals surface area contributed by atoms with E-state index in [-0.39, 0.29) is 23.4 Å². The number of anilines is 1. The molecule has 11 heteroatoms. The van der Waals surface area contributed by atoms with Gasteiger partial charge in [-0.2, -0.15) is 13.2 Å². The third-order valence-electron chi connectivity index (χ3n) is 2.91. The van der Waals surface area contributed by atoms with Gasteiger partial charge in [0.1, 0.15) is 0 Å². The number of hydrogen-bond donors (Lipinski definition) is 3. The predicted octanol–water partition coefficient (Wildman–Crippen LogP) is 2.13. The van der Waals surface area contributed by atoms with Crippen LogP contribution >= 0.6 is 0 Å². The summed E-state index contributed by atoms with van der Waals surface area (Å²) in [6.45, 7) is 2.62. The summed E-state index contributed by atoms with van der Waals surface area (Å²) < 4.78 is 41.2. The van der Waals surface area contributed by atoms with Gasteiger partial charge in [-0.15, -0.1) is 0 Å². The number of imide groups is 1. The number of carbonyl (C=O) groups excluding carboxylic acids is 4. The second-order valence-corrected chi connectivity index (χ2v) is 5.64. The number of amides is 3. The van der Waals surface area contributed by atoms with Crippen molar-refractivity contribution in [2.45, 2.75) is 26.1 Å². The Kier molecular flexibility index (Phi) is 8.17. The lowest BCUT2D eigenvalue weighted by Crippen LogP contribution is -2.44. The fourth-order valence-electron chi connectivity index (χ4n) is 1.76. The SMILES string of the molecule is CC(C)NC(=O)NC(=O)COC(=O)c1ccccc1NC=CC(=O)C(F)(F)F. The van der Waals surface area contributed by atoms with E-state index in [1.165, 1.54) is 24.3 Å². The molecule has 0 aliphatic carbocycles. The number of benzene rings is 1. The lowest BCUT2D eigenvalue weighted by Gasteiger charge is -2.11. The summed E-state index contributed by atoms with van der Waals surface area (Å²) in [6.07, 6.45) is -4.01. The predicted molar refractivity (Wildman–Crippen MR) is 92.4 cm³/mol. The maximum absolute atomic E-state index is 12.1. The lowest BCUT2D eigenvalue weighted by atomic mass is 10.2. The smallest absolute Gasteiger partial charge is 0.452 e. The molecular formula is C17H18F3N3O5. The Hall–Kier alpha value is -3.37. The van der Waals surface area contributed by atoms with E-state index in [4.69, 9.17) is 4.74 Å². The van der Waals surface area contributed by atoms with Crippen LogP contribution in [0.5, 0.6) is 0 Å². The van der Waals surface area contributed by atoms with Gasteiger partial charge in [0.2, 0.25) is 0 Å². The molecule has 0 bridgehead atoms. The molecule has 8 nitrogen and oxygen atoms in total. The maximum atomic E-state index is 12.1. The minimum atomic E-state index is -5.01. The Morgan fingerprint density at radius 1 is 1.14 bits per heavy atom. The zero-order valence-electron chi connectivity index (χ0n) is 14.9. The van der Waals surface area contributed by atoms with E-state index in [0.717, 1.165) is 6.20 Å². The Labute approximate surface area is 158 Å². The van der Waals surface area contributed by atoms with E-state index in [0.29, 0.717) is 0 Å². The molecule has 152 valence electrons. The first-order valence-electron chi connectivity index (χ1n) is 7.91. The first-order valence-corrected chi connectivity index (χ1v) is 7.91. The highest BCUT2D eigenvalue weighted by atomic mass is 19.4. The van der Waals surface area contributed by atoms with Crippen LogP contribution in [0.2, 0.25) is 0 Å². The number of ketones is 1. The van der Waals surface area contributed by atoms with E-state index in [1.807, 2.05) is 5.32 Å². The summed E-state index contributed by atoms with van der Waals surface area (Å²) in [6, 6.07) is 4.65. The first kappa shape index (κ1) is 22.7. The largest absolute Gasteiger partial charge is 0.454 e. The second kappa shape index (κ2) is 10.1. The van der Waals surface area contributed by atoms with Crippen LogP contribution in [-0.4, -0.2) is 42.5 Å². The van der Waals surface area contributed by atoms with E-state index < -0.39 is 36.5 Å². The van der Waals surface area contributed by atoms with Gasteiger partial charge in [0.05, 0.1) is 11.3 Å². The molecule has 0 saturated heterocycles. The molecule has 0 atom stereocenters. The molecule has 0 heterocycles. The van der Waals surface area contributed by atoms with Crippen LogP contribution in [0.4, 0.5) is 23.7 Å². The highest BCUT2D eigenvalue weighted by Gasteiger charge is 2.36. The average Bonchev–Trinajstić information content (AvgIpc) is 2.58. The minimum Gasteiger partial charge on any atom is -0.452 e. The standard InChI is InChI=1S/C17H18F3N3O5/c1-10(2)22-16(27)23-14(25)9-28-15(26)11-5-3-4-6-12(11)21-8-7-13(24)17(18,19)20/h3-8,10,21H,9H2,1-2H3,(H2,22,23,25,27). The summed E-state index contributed by atoms with van der Waals surface area (Å²) in [4.78, 5) is 45.8. The number of halogens is 3. The number of allylic oxidation sites excluding steroid dienone is 1. The highest BCUT2D eigenvalue weighted by Crippen LogP contribution is 2.18. The number of esters is 1. The quantitative estimate of drug-likeness (QED) is 0.477. The van der Waals surface area contributed by atoms with Gasteiger partial charge in [-0.05, 0) is 26.0 Å². The lowest BCUT2D eigenvalue weighted by molar-refractivity contribution is -0.165. The average molecular weight is 401 g/mol. The van der Waals surface area contributed by atoms with Crippen LogP contribution in [-0.2, 0) is 14.3 Å². The molecule has 1 rings (SSSR count). The van der Waals surface area contributed by atoms with Crippen LogP contribution in [0, 0.1) is 0 Å². The van der Waals surface area contributed by atoms with Gasteiger partial charge in [0.25, 0.3) is 11.7 Å². The molecule has 1 aromatic carbocycles. The molecule has 0 aliphatic heterocycles. The van der Waals surface area contributed by atoms with E-state index >= 15 is 0 Å². The van der Waals surface area contributed by atoms with Crippen molar-refractivity contribution in [3.63, 3.8) is 0 Å². The molecule has 0 aromatic heterocycles. The number of urea groups is 1. The summed E-state index contributed by atoms with van der Waals surface area (Å²) in [7, 11) is 0. The Morgan fingerprint density at radius 3 is 2.39 bits per heavy atom. The molecule has 28 heavy (non-hydrogen) atoms. The zero-order valence-corrected chi connectivity index (χ0v) is 14.9. The number of hydrogen-bond acceptors (Lipinski definition) is 6. The van der Waals surface area contributed by atoms with Gasteiger partial charge >= 0.3 is 18.2 Å².